The Labute approximate surface area is 113 Å². The van der Waals surface area contributed by atoms with Crippen molar-refractivity contribution in [3.63, 3.8) is 0 Å². The van der Waals surface area contributed by atoms with Crippen molar-refractivity contribution in [3.05, 3.63) is 39.8 Å². The molecule has 6 heteroatoms. The van der Waals surface area contributed by atoms with Crippen molar-refractivity contribution >= 4 is 46.3 Å². The molecule has 1 heterocycles. The Morgan fingerprint density at radius 1 is 1.50 bits per heavy atom. The first kappa shape index (κ1) is 12.8. The molecule has 2 rings (SSSR count). The number of nitrogens with one attached hydrogen (secondary N) is 1. The molecule has 1 aliphatic heterocycles. The fourth-order valence-corrected chi connectivity index (χ4v) is 2.63. The number of carboxylic acid groups (broad SMARTS) is 1. The van der Waals surface area contributed by atoms with E-state index in [0.717, 1.165) is 5.56 Å². The topological polar surface area (TPSA) is 66.4 Å². The number of thioether (sulfide) groups is 1. The molecule has 92 valence electrons. The van der Waals surface area contributed by atoms with E-state index in [1.165, 1.54) is 17.8 Å². The molecule has 1 aromatic carbocycles. The Hall–Kier alpha value is -1.66. The molecule has 0 unspecified atom stereocenters. The minimum atomic E-state index is -0.958. The van der Waals surface area contributed by atoms with Crippen LogP contribution in [0, 0.1) is 6.92 Å². The summed E-state index contributed by atoms with van der Waals surface area (Å²) in [6, 6.07) is 4.92. The number of hydrogen-bond donors (Lipinski definition) is 2. The molecule has 18 heavy (non-hydrogen) atoms. The molecule has 4 nitrogen and oxygen atoms in total. The van der Waals surface area contributed by atoms with Crippen molar-refractivity contribution in [2.75, 3.05) is 0 Å². The van der Waals surface area contributed by atoms with Crippen LogP contribution in [0.15, 0.2) is 23.1 Å². The quantitative estimate of drug-likeness (QED) is 0.641. The summed E-state index contributed by atoms with van der Waals surface area (Å²) < 4.78 is 0.435. The lowest BCUT2D eigenvalue weighted by Crippen LogP contribution is -2.17. The van der Waals surface area contributed by atoms with E-state index in [1.54, 1.807) is 25.1 Å². The first-order chi connectivity index (χ1) is 8.47. The van der Waals surface area contributed by atoms with Crippen LogP contribution in [0.5, 0.6) is 0 Å². The van der Waals surface area contributed by atoms with Crippen LogP contribution in [-0.4, -0.2) is 21.3 Å². The zero-order valence-corrected chi connectivity index (χ0v) is 11.0. The molecular formula is C12H9NO3S2. The van der Waals surface area contributed by atoms with Gasteiger partial charge in [0.25, 0.3) is 5.91 Å². The lowest BCUT2D eigenvalue weighted by Gasteiger charge is -2.02. The number of hydrogen-bond acceptors (Lipinski definition) is 4. The molecule has 0 bridgehead atoms. The van der Waals surface area contributed by atoms with Crippen molar-refractivity contribution in [2.24, 2.45) is 0 Å². The van der Waals surface area contributed by atoms with Crippen LogP contribution in [-0.2, 0) is 4.79 Å². The number of aromatic carboxylic acids is 1. The van der Waals surface area contributed by atoms with Gasteiger partial charge in [-0.25, -0.2) is 4.79 Å². The van der Waals surface area contributed by atoms with E-state index in [0.29, 0.717) is 14.8 Å². The third-order valence-corrected chi connectivity index (χ3v) is 3.58. The Bertz CT molecular complexity index is 593. The van der Waals surface area contributed by atoms with Gasteiger partial charge in [0.2, 0.25) is 0 Å². The summed E-state index contributed by atoms with van der Waals surface area (Å²) >= 11 is 6.08. The predicted molar refractivity (Wildman–Crippen MR) is 74.4 cm³/mol. The van der Waals surface area contributed by atoms with Gasteiger partial charge in [-0.3, -0.25) is 4.79 Å². The summed E-state index contributed by atoms with van der Waals surface area (Å²) in [5.41, 5.74) is 1.69. The summed E-state index contributed by atoms with van der Waals surface area (Å²) in [6.45, 7) is 1.72. The number of carboxylic acids is 1. The van der Waals surface area contributed by atoms with E-state index in [1.807, 2.05) is 0 Å². The molecule has 0 aliphatic carbocycles. The van der Waals surface area contributed by atoms with E-state index < -0.39 is 5.97 Å². The minimum Gasteiger partial charge on any atom is -0.478 e. The number of thiocarbonyl (C=S) groups is 1. The third kappa shape index (κ3) is 2.60. The highest BCUT2D eigenvalue weighted by atomic mass is 32.2. The number of benzene rings is 1. The lowest BCUT2D eigenvalue weighted by molar-refractivity contribution is -0.115. The Morgan fingerprint density at radius 2 is 2.22 bits per heavy atom. The molecule has 2 N–H and O–H groups in total. The van der Waals surface area contributed by atoms with E-state index in [9.17, 15) is 9.59 Å². The minimum absolute atomic E-state index is 0.218. The van der Waals surface area contributed by atoms with Gasteiger partial charge >= 0.3 is 5.97 Å². The molecule has 0 atom stereocenters. The monoisotopic (exact) mass is 279 g/mol. The van der Waals surface area contributed by atoms with Crippen LogP contribution in [0.25, 0.3) is 6.08 Å². The maximum absolute atomic E-state index is 11.5. The van der Waals surface area contributed by atoms with Crippen LogP contribution >= 0.6 is 24.0 Å². The molecule has 1 fully saturated rings. The van der Waals surface area contributed by atoms with Crippen LogP contribution in [0.2, 0.25) is 0 Å². The Balaban J connectivity index is 2.33. The smallest absolute Gasteiger partial charge is 0.335 e. The largest absolute Gasteiger partial charge is 0.478 e. The van der Waals surface area contributed by atoms with Crippen molar-refractivity contribution < 1.29 is 14.7 Å². The van der Waals surface area contributed by atoms with E-state index in [4.69, 9.17) is 17.3 Å². The summed E-state index contributed by atoms with van der Waals surface area (Å²) in [4.78, 5) is 22.9. The van der Waals surface area contributed by atoms with Gasteiger partial charge in [0, 0.05) is 0 Å². The first-order valence-electron chi connectivity index (χ1n) is 5.06. The van der Waals surface area contributed by atoms with Gasteiger partial charge in [0.05, 0.1) is 10.5 Å². The summed E-state index contributed by atoms with van der Waals surface area (Å²) in [5, 5.41) is 11.4. The van der Waals surface area contributed by atoms with Crippen LogP contribution in [0.1, 0.15) is 21.5 Å². The van der Waals surface area contributed by atoms with Gasteiger partial charge in [-0.15, -0.1) is 0 Å². The molecular weight excluding hydrogens is 270 g/mol. The second kappa shape index (κ2) is 4.91. The zero-order chi connectivity index (χ0) is 13.3. The fraction of sp³-hybridized carbons (Fsp3) is 0.0833. The third-order valence-electron chi connectivity index (χ3n) is 2.42. The zero-order valence-electron chi connectivity index (χ0n) is 9.39. The van der Waals surface area contributed by atoms with E-state index in [2.05, 4.69) is 5.32 Å². The van der Waals surface area contributed by atoms with Crippen molar-refractivity contribution in [1.29, 1.82) is 0 Å². The van der Waals surface area contributed by atoms with E-state index >= 15 is 0 Å². The Morgan fingerprint density at radius 3 is 2.72 bits per heavy atom. The average Bonchev–Trinajstić information content (AvgIpc) is 2.57. The fourth-order valence-electron chi connectivity index (χ4n) is 1.59. The normalized spacial score (nSPS) is 17.1. The van der Waals surface area contributed by atoms with Gasteiger partial charge < -0.3 is 10.4 Å². The summed E-state index contributed by atoms with van der Waals surface area (Å²) in [7, 11) is 0. The highest BCUT2D eigenvalue weighted by Gasteiger charge is 2.21. The molecule has 0 spiro atoms. The van der Waals surface area contributed by atoms with Gasteiger partial charge in [-0.05, 0) is 30.2 Å². The van der Waals surface area contributed by atoms with E-state index in [-0.39, 0.29) is 11.5 Å². The van der Waals surface area contributed by atoms with Crippen molar-refractivity contribution in [1.82, 2.24) is 5.32 Å². The number of carbonyl (C=O) groups excluding carboxylic acids is 1. The van der Waals surface area contributed by atoms with Crippen LogP contribution in [0.4, 0.5) is 0 Å². The second-order valence-electron chi connectivity index (χ2n) is 3.73. The van der Waals surface area contributed by atoms with Gasteiger partial charge in [0.1, 0.15) is 4.32 Å². The number of carbonyl (C=O) groups is 2. The molecule has 1 amide bonds. The SMILES string of the molecule is Cc1cc(/C=C2\SC(=S)NC2=O)ccc1C(=O)O. The molecule has 1 aromatic rings. The Kier molecular flexibility index (Phi) is 3.49. The standard InChI is InChI=1S/C12H9NO3S2/c1-6-4-7(2-3-8(6)11(15)16)5-9-10(14)13-12(17)18-9/h2-5H,1H3,(H,15,16)(H,13,14,17)/b9-5-. The molecule has 1 aliphatic rings. The first-order valence-corrected chi connectivity index (χ1v) is 6.28. The van der Waals surface area contributed by atoms with Gasteiger partial charge in [0.15, 0.2) is 0 Å². The maximum atomic E-state index is 11.5. The maximum Gasteiger partial charge on any atom is 0.335 e. The van der Waals surface area contributed by atoms with Crippen molar-refractivity contribution in [2.45, 2.75) is 6.92 Å². The number of amides is 1. The molecule has 1 saturated heterocycles. The molecule has 0 aromatic heterocycles. The van der Waals surface area contributed by atoms with Crippen LogP contribution in [0.3, 0.4) is 0 Å². The number of aryl methyl sites for hydroxylation is 1. The second-order valence-corrected chi connectivity index (χ2v) is 5.45. The molecule has 0 radical (unpaired) electrons. The van der Waals surface area contributed by atoms with Crippen molar-refractivity contribution in [3.8, 4) is 0 Å². The van der Waals surface area contributed by atoms with Gasteiger partial charge in [-0.1, -0.05) is 36.1 Å². The average molecular weight is 279 g/mol. The highest BCUT2D eigenvalue weighted by Crippen LogP contribution is 2.26. The summed E-state index contributed by atoms with van der Waals surface area (Å²) in [5.74, 6) is -1.18. The molecule has 0 saturated carbocycles. The van der Waals surface area contributed by atoms with Crippen LogP contribution < -0.4 is 5.32 Å². The predicted octanol–water partition coefficient (Wildman–Crippen LogP) is 2.18. The summed E-state index contributed by atoms with van der Waals surface area (Å²) in [6.07, 6.45) is 1.69. The highest BCUT2D eigenvalue weighted by molar-refractivity contribution is 8.26. The lowest BCUT2D eigenvalue weighted by atomic mass is 10.0. The number of rotatable bonds is 2. The van der Waals surface area contributed by atoms with Gasteiger partial charge in [-0.2, -0.15) is 0 Å².